The highest BCUT2D eigenvalue weighted by Gasteiger charge is 2.33. The van der Waals surface area contributed by atoms with E-state index < -0.39 is 21.2 Å². The van der Waals surface area contributed by atoms with E-state index in [1.54, 1.807) is 0 Å². The summed E-state index contributed by atoms with van der Waals surface area (Å²) in [6, 6.07) is 0. The fourth-order valence-electron chi connectivity index (χ4n) is 3.99. The molecule has 20 heavy (non-hydrogen) atoms. The van der Waals surface area contributed by atoms with Gasteiger partial charge in [0.2, 0.25) is 0 Å². The second kappa shape index (κ2) is 6.85. The lowest BCUT2D eigenvalue weighted by Gasteiger charge is -2.39. The highest BCUT2D eigenvalue weighted by atomic mass is 32.2. The predicted molar refractivity (Wildman–Crippen MR) is 76.5 cm³/mol. The minimum Gasteiger partial charge on any atom is -0.772 e. The second-order valence-corrected chi connectivity index (χ2v) is 9.04. The van der Waals surface area contributed by atoms with Gasteiger partial charge in [-0.15, -0.1) is 0 Å². The van der Waals surface area contributed by atoms with Gasteiger partial charge in [-0.25, -0.2) is 0 Å². The van der Waals surface area contributed by atoms with Crippen LogP contribution < -0.4 is 0 Å². The largest absolute Gasteiger partial charge is 0.772 e. The molecule has 0 amide bonds. The summed E-state index contributed by atoms with van der Waals surface area (Å²) in [4.78, 5) is 0. The third-order valence-corrected chi connectivity index (χ3v) is 6.74. The summed E-state index contributed by atoms with van der Waals surface area (Å²) in [6.45, 7) is 0. The normalized spacial score (nSPS) is 37.5. The molecule has 1 N–H and O–H groups in total. The van der Waals surface area contributed by atoms with Crippen molar-refractivity contribution in [3.63, 3.8) is 0 Å². The Hall–Kier alpha value is 0.0200. The molecule has 5 unspecified atom stereocenters. The van der Waals surface area contributed by atoms with E-state index in [2.05, 4.69) is 0 Å². The lowest BCUT2D eigenvalue weighted by atomic mass is 9.70. The van der Waals surface area contributed by atoms with Crippen LogP contribution in [0.2, 0.25) is 0 Å². The van der Waals surface area contributed by atoms with Crippen LogP contribution in [0.5, 0.6) is 0 Å². The molecule has 0 radical (unpaired) electrons. The third kappa shape index (κ3) is 4.79. The molecule has 5 atom stereocenters. The molecule has 0 aromatic heterocycles. The molecule has 2 aliphatic carbocycles. The Morgan fingerprint density at radius 3 is 2.25 bits per heavy atom. The first-order chi connectivity index (χ1) is 9.35. The molecule has 0 heterocycles. The van der Waals surface area contributed by atoms with Gasteiger partial charge < -0.3 is 4.55 Å². The van der Waals surface area contributed by atoms with E-state index in [0.29, 0.717) is 11.8 Å². The topological polar surface area (TPSA) is 94.5 Å². The fourth-order valence-corrected chi connectivity index (χ4v) is 5.66. The molecule has 0 saturated heterocycles. The molecule has 0 aromatic carbocycles. The standard InChI is InChI=1S/C13H24O5S2/c14-19(15)13-6-2-5-12(8-13)11-4-1-3-10(7-11)9-20(16,17)18/h10-13H,1-9H2,(H,14,15)(H,16,17,18)/p-1. The van der Waals surface area contributed by atoms with Gasteiger partial charge in [0.25, 0.3) is 10.1 Å². The Balaban J connectivity index is 1.93. The van der Waals surface area contributed by atoms with Crippen LogP contribution >= 0.6 is 0 Å². The SMILES string of the molecule is O=S([O-])C1CCCC(C2CCCC(CS(=O)(=O)O)C2)C1. The molecule has 2 rings (SSSR count). The van der Waals surface area contributed by atoms with Gasteiger partial charge in [-0.05, 0) is 43.4 Å². The monoisotopic (exact) mass is 323 g/mol. The quantitative estimate of drug-likeness (QED) is 0.631. The van der Waals surface area contributed by atoms with Crippen LogP contribution in [0.25, 0.3) is 0 Å². The number of hydrogen-bond donors (Lipinski definition) is 1. The fraction of sp³-hybridized carbons (Fsp3) is 1.00. The van der Waals surface area contributed by atoms with E-state index >= 15 is 0 Å². The van der Waals surface area contributed by atoms with Crippen LogP contribution in [-0.2, 0) is 21.2 Å². The lowest BCUT2D eigenvalue weighted by molar-refractivity contribution is 0.167. The van der Waals surface area contributed by atoms with E-state index in [1.807, 2.05) is 0 Å². The first-order valence-corrected chi connectivity index (χ1v) is 10.1. The molecular weight excluding hydrogens is 300 g/mol. The van der Waals surface area contributed by atoms with Crippen LogP contribution in [0.3, 0.4) is 0 Å². The Morgan fingerprint density at radius 2 is 1.65 bits per heavy atom. The zero-order chi connectivity index (χ0) is 14.8. The maximum Gasteiger partial charge on any atom is 0.265 e. The van der Waals surface area contributed by atoms with Crippen LogP contribution in [0.4, 0.5) is 0 Å². The van der Waals surface area contributed by atoms with Crippen molar-refractivity contribution < 1.29 is 21.7 Å². The molecule has 0 bridgehead atoms. The predicted octanol–water partition coefficient (Wildman–Crippen LogP) is 2.12. The summed E-state index contributed by atoms with van der Waals surface area (Å²) in [5.41, 5.74) is 0. The summed E-state index contributed by atoms with van der Waals surface area (Å²) in [7, 11) is -3.90. The average molecular weight is 323 g/mol. The average Bonchev–Trinajstić information content (AvgIpc) is 2.37. The van der Waals surface area contributed by atoms with Gasteiger partial charge in [0, 0.05) is 5.25 Å². The van der Waals surface area contributed by atoms with Crippen molar-refractivity contribution in [1.82, 2.24) is 0 Å². The molecule has 7 heteroatoms. The summed E-state index contributed by atoms with van der Waals surface area (Å²) in [5, 5.41) is -0.226. The lowest BCUT2D eigenvalue weighted by Crippen LogP contribution is -2.32. The Kier molecular flexibility index (Phi) is 5.62. The van der Waals surface area contributed by atoms with Crippen LogP contribution in [0.15, 0.2) is 0 Å². The third-order valence-electron chi connectivity index (χ3n) is 4.88. The Morgan fingerprint density at radius 1 is 1.05 bits per heavy atom. The highest BCUT2D eigenvalue weighted by Crippen LogP contribution is 2.41. The molecule has 0 aliphatic heterocycles. The van der Waals surface area contributed by atoms with Gasteiger partial charge >= 0.3 is 0 Å². The maximum atomic E-state index is 11.1. The molecular formula is C13H23O5S2-. The van der Waals surface area contributed by atoms with E-state index in [-0.39, 0.29) is 16.9 Å². The first-order valence-electron chi connectivity index (χ1n) is 7.38. The zero-order valence-electron chi connectivity index (χ0n) is 11.6. The van der Waals surface area contributed by atoms with Gasteiger partial charge in [0.1, 0.15) is 0 Å². The van der Waals surface area contributed by atoms with E-state index in [4.69, 9.17) is 4.55 Å². The summed E-state index contributed by atoms with van der Waals surface area (Å²) >= 11 is -1.99. The van der Waals surface area contributed by atoms with Gasteiger partial charge in [-0.2, -0.15) is 8.42 Å². The molecule has 5 nitrogen and oxygen atoms in total. The summed E-state index contributed by atoms with van der Waals surface area (Å²) in [5.74, 6) is 0.701. The van der Waals surface area contributed by atoms with Crippen molar-refractivity contribution in [1.29, 1.82) is 0 Å². The molecule has 2 fully saturated rings. The summed E-state index contributed by atoms with van der Waals surface area (Å²) < 4.78 is 53.2. The highest BCUT2D eigenvalue weighted by molar-refractivity contribution is 7.85. The minimum absolute atomic E-state index is 0.0295. The Labute approximate surface area is 123 Å². The van der Waals surface area contributed by atoms with Crippen molar-refractivity contribution in [2.24, 2.45) is 17.8 Å². The Bertz CT molecular complexity index is 448. The van der Waals surface area contributed by atoms with E-state index in [9.17, 15) is 17.2 Å². The van der Waals surface area contributed by atoms with Crippen molar-refractivity contribution in [2.45, 2.75) is 56.6 Å². The van der Waals surface area contributed by atoms with Crippen LogP contribution in [-0.4, -0.2) is 32.7 Å². The molecule has 2 saturated carbocycles. The van der Waals surface area contributed by atoms with Crippen molar-refractivity contribution in [3.05, 3.63) is 0 Å². The van der Waals surface area contributed by atoms with E-state index in [1.165, 1.54) is 0 Å². The molecule has 0 spiro atoms. The first kappa shape index (κ1) is 16.4. The van der Waals surface area contributed by atoms with E-state index in [0.717, 1.165) is 51.4 Å². The van der Waals surface area contributed by atoms with Crippen molar-refractivity contribution in [2.75, 3.05) is 5.75 Å². The van der Waals surface area contributed by atoms with Crippen molar-refractivity contribution in [3.8, 4) is 0 Å². The molecule has 2 aliphatic rings. The number of hydrogen-bond acceptors (Lipinski definition) is 4. The minimum atomic E-state index is -3.90. The second-order valence-electron chi connectivity index (χ2n) is 6.35. The van der Waals surface area contributed by atoms with Crippen LogP contribution in [0, 0.1) is 17.8 Å². The van der Waals surface area contributed by atoms with Gasteiger partial charge in [-0.3, -0.25) is 8.76 Å². The van der Waals surface area contributed by atoms with Gasteiger partial charge in [0.05, 0.1) is 5.75 Å². The molecule has 0 aromatic rings. The summed E-state index contributed by atoms with van der Waals surface area (Å²) in [6.07, 6.45) is 7.17. The van der Waals surface area contributed by atoms with Crippen molar-refractivity contribution >= 4 is 21.2 Å². The van der Waals surface area contributed by atoms with Crippen LogP contribution in [0.1, 0.15) is 51.4 Å². The molecule has 118 valence electrons. The number of rotatable bonds is 4. The smallest absolute Gasteiger partial charge is 0.265 e. The maximum absolute atomic E-state index is 11.1. The zero-order valence-corrected chi connectivity index (χ0v) is 13.2. The van der Waals surface area contributed by atoms with Gasteiger partial charge in [-0.1, -0.05) is 36.8 Å². The van der Waals surface area contributed by atoms with Gasteiger partial charge in [0.15, 0.2) is 0 Å².